The number of nitrogens with two attached hydrogens (primary N) is 1. The van der Waals surface area contributed by atoms with Crippen molar-refractivity contribution in [1.82, 2.24) is 15.0 Å². The summed E-state index contributed by atoms with van der Waals surface area (Å²) in [6, 6.07) is 0. The SMILES string of the molecule is CCCn1nncc1C(=O)C1(N)CCOCC1. The van der Waals surface area contributed by atoms with Crippen molar-refractivity contribution >= 4 is 5.78 Å². The summed E-state index contributed by atoms with van der Waals surface area (Å²) in [4.78, 5) is 12.4. The van der Waals surface area contributed by atoms with E-state index in [2.05, 4.69) is 10.3 Å². The minimum Gasteiger partial charge on any atom is -0.381 e. The highest BCUT2D eigenvalue weighted by molar-refractivity contribution is 6.01. The molecule has 94 valence electrons. The van der Waals surface area contributed by atoms with E-state index >= 15 is 0 Å². The number of aromatic nitrogens is 3. The highest BCUT2D eigenvalue weighted by atomic mass is 16.5. The molecule has 6 heteroatoms. The average molecular weight is 238 g/mol. The summed E-state index contributed by atoms with van der Waals surface area (Å²) < 4.78 is 6.87. The first-order valence-corrected chi connectivity index (χ1v) is 5.97. The van der Waals surface area contributed by atoms with Gasteiger partial charge in [-0.1, -0.05) is 12.1 Å². The fourth-order valence-corrected chi connectivity index (χ4v) is 2.03. The van der Waals surface area contributed by atoms with E-state index < -0.39 is 5.54 Å². The van der Waals surface area contributed by atoms with Gasteiger partial charge in [-0.3, -0.25) is 4.79 Å². The van der Waals surface area contributed by atoms with E-state index in [0.717, 1.165) is 6.42 Å². The van der Waals surface area contributed by atoms with Gasteiger partial charge in [-0.25, -0.2) is 4.68 Å². The van der Waals surface area contributed by atoms with Crippen LogP contribution in [0.15, 0.2) is 6.20 Å². The van der Waals surface area contributed by atoms with Crippen molar-refractivity contribution in [2.24, 2.45) is 5.73 Å². The first-order valence-electron chi connectivity index (χ1n) is 5.97. The molecule has 0 saturated carbocycles. The Morgan fingerprint density at radius 2 is 2.29 bits per heavy atom. The number of Topliss-reactive ketones (excluding diaryl/α,β-unsaturated/α-hetero) is 1. The molecule has 0 amide bonds. The lowest BCUT2D eigenvalue weighted by molar-refractivity contribution is 0.0441. The molecule has 1 aromatic rings. The van der Waals surface area contributed by atoms with Gasteiger partial charge in [0.15, 0.2) is 0 Å². The Hall–Kier alpha value is -1.27. The number of rotatable bonds is 4. The molecule has 1 saturated heterocycles. The van der Waals surface area contributed by atoms with Gasteiger partial charge in [0.1, 0.15) is 5.69 Å². The van der Waals surface area contributed by atoms with Crippen LogP contribution in [0.4, 0.5) is 0 Å². The predicted octanol–water partition coefficient (Wildman–Crippen LogP) is 0.379. The van der Waals surface area contributed by atoms with Crippen molar-refractivity contribution in [3.63, 3.8) is 0 Å². The van der Waals surface area contributed by atoms with Crippen LogP contribution in [0.5, 0.6) is 0 Å². The summed E-state index contributed by atoms with van der Waals surface area (Å²) in [5.74, 6) is -0.0701. The van der Waals surface area contributed by atoms with Crippen molar-refractivity contribution in [3.05, 3.63) is 11.9 Å². The highest BCUT2D eigenvalue weighted by Gasteiger charge is 2.38. The van der Waals surface area contributed by atoms with Gasteiger partial charge in [0.05, 0.1) is 11.7 Å². The minimum atomic E-state index is -0.814. The first-order chi connectivity index (χ1) is 8.17. The predicted molar refractivity (Wildman–Crippen MR) is 61.6 cm³/mol. The van der Waals surface area contributed by atoms with E-state index in [0.29, 0.717) is 38.3 Å². The lowest BCUT2D eigenvalue weighted by Crippen LogP contribution is -2.52. The number of carbonyl (C=O) groups is 1. The molecule has 17 heavy (non-hydrogen) atoms. The second kappa shape index (κ2) is 4.93. The van der Waals surface area contributed by atoms with Gasteiger partial charge >= 0.3 is 0 Å². The number of ether oxygens (including phenoxy) is 1. The fraction of sp³-hybridized carbons (Fsp3) is 0.727. The van der Waals surface area contributed by atoms with E-state index in [4.69, 9.17) is 10.5 Å². The molecule has 1 aliphatic rings. The number of hydrogen-bond acceptors (Lipinski definition) is 5. The van der Waals surface area contributed by atoms with Crippen molar-refractivity contribution in [3.8, 4) is 0 Å². The Bertz CT molecular complexity index is 396. The number of aryl methyl sites for hydroxylation is 1. The molecule has 1 aromatic heterocycles. The third-order valence-electron chi connectivity index (χ3n) is 3.12. The molecule has 0 radical (unpaired) electrons. The summed E-state index contributed by atoms with van der Waals surface area (Å²) in [5.41, 5.74) is 5.86. The maximum Gasteiger partial charge on any atom is 0.202 e. The van der Waals surface area contributed by atoms with Gasteiger partial charge in [-0.15, -0.1) is 5.10 Å². The monoisotopic (exact) mass is 238 g/mol. The molecule has 0 aliphatic carbocycles. The largest absolute Gasteiger partial charge is 0.381 e. The van der Waals surface area contributed by atoms with E-state index in [1.807, 2.05) is 6.92 Å². The van der Waals surface area contributed by atoms with Crippen LogP contribution >= 0.6 is 0 Å². The number of ketones is 1. The quantitative estimate of drug-likeness (QED) is 0.767. The standard InChI is InChI=1S/C11H18N4O2/c1-2-5-15-9(8-13-14-15)10(16)11(12)3-6-17-7-4-11/h8H,2-7,12H2,1H3. The number of hydrogen-bond donors (Lipinski definition) is 1. The summed E-state index contributed by atoms with van der Waals surface area (Å²) in [6.45, 7) is 3.80. The van der Waals surface area contributed by atoms with E-state index in [9.17, 15) is 4.79 Å². The van der Waals surface area contributed by atoms with Crippen LogP contribution in [-0.2, 0) is 11.3 Å². The molecule has 6 nitrogen and oxygen atoms in total. The maximum absolute atomic E-state index is 12.4. The van der Waals surface area contributed by atoms with Gasteiger partial charge in [0.25, 0.3) is 0 Å². The maximum atomic E-state index is 12.4. The molecule has 2 heterocycles. The summed E-state index contributed by atoms with van der Waals surface area (Å²) in [6.07, 6.45) is 3.53. The Morgan fingerprint density at radius 1 is 1.59 bits per heavy atom. The van der Waals surface area contributed by atoms with E-state index in [1.165, 1.54) is 6.20 Å². The normalized spacial score (nSPS) is 19.2. The molecule has 2 rings (SSSR count). The van der Waals surface area contributed by atoms with Gasteiger partial charge in [-0.05, 0) is 19.3 Å². The van der Waals surface area contributed by atoms with Crippen LogP contribution in [0, 0.1) is 0 Å². The zero-order chi connectivity index (χ0) is 12.3. The molecule has 1 aliphatic heterocycles. The molecule has 0 spiro atoms. The van der Waals surface area contributed by atoms with E-state index in [1.54, 1.807) is 4.68 Å². The van der Waals surface area contributed by atoms with E-state index in [-0.39, 0.29) is 5.78 Å². The number of carbonyl (C=O) groups excluding carboxylic acids is 1. The number of nitrogens with zero attached hydrogens (tertiary/aromatic N) is 3. The lowest BCUT2D eigenvalue weighted by Gasteiger charge is -2.31. The van der Waals surface area contributed by atoms with Crippen LogP contribution in [0.2, 0.25) is 0 Å². The molecule has 1 fully saturated rings. The van der Waals surface area contributed by atoms with Crippen LogP contribution in [0.25, 0.3) is 0 Å². The topological polar surface area (TPSA) is 83.0 Å². The summed E-state index contributed by atoms with van der Waals surface area (Å²) in [7, 11) is 0. The van der Waals surface area contributed by atoms with Crippen molar-refractivity contribution in [2.75, 3.05) is 13.2 Å². The van der Waals surface area contributed by atoms with Crippen molar-refractivity contribution in [2.45, 2.75) is 38.3 Å². The summed E-state index contributed by atoms with van der Waals surface area (Å²) >= 11 is 0. The van der Waals surface area contributed by atoms with Crippen LogP contribution in [-0.4, -0.2) is 39.5 Å². The first kappa shape index (κ1) is 12.2. The van der Waals surface area contributed by atoms with Gasteiger partial charge in [0.2, 0.25) is 5.78 Å². The average Bonchev–Trinajstić information content (AvgIpc) is 2.78. The molecule has 0 unspecified atom stereocenters. The van der Waals surface area contributed by atoms with Crippen LogP contribution < -0.4 is 5.73 Å². The minimum absolute atomic E-state index is 0.0701. The van der Waals surface area contributed by atoms with Crippen molar-refractivity contribution < 1.29 is 9.53 Å². The molecular formula is C11H18N4O2. The van der Waals surface area contributed by atoms with Crippen LogP contribution in [0.1, 0.15) is 36.7 Å². The Kier molecular flexibility index (Phi) is 3.54. The van der Waals surface area contributed by atoms with Crippen molar-refractivity contribution in [1.29, 1.82) is 0 Å². The highest BCUT2D eigenvalue weighted by Crippen LogP contribution is 2.22. The van der Waals surface area contributed by atoms with Gasteiger partial charge in [0, 0.05) is 19.8 Å². The third-order valence-corrected chi connectivity index (χ3v) is 3.12. The Balaban J connectivity index is 2.20. The summed E-state index contributed by atoms with van der Waals surface area (Å²) in [5, 5.41) is 7.71. The second-order valence-corrected chi connectivity index (χ2v) is 4.44. The zero-order valence-electron chi connectivity index (χ0n) is 10.1. The molecule has 0 aromatic carbocycles. The Morgan fingerprint density at radius 3 is 2.94 bits per heavy atom. The fourth-order valence-electron chi connectivity index (χ4n) is 2.03. The zero-order valence-corrected chi connectivity index (χ0v) is 10.1. The second-order valence-electron chi connectivity index (χ2n) is 4.44. The van der Waals surface area contributed by atoms with Crippen LogP contribution in [0.3, 0.4) is 0 Å². The molecule has 2 N–H and O–H groups in total. The van der Waals surface area contributed by atoms with Gasteiger partial charge < -0.3 is 10.5 Å². The lowest BCUT2D eigenvalue weighted by atomic mass is 9.85. The third kappa shape index (κ3) is 2.37. The van der Waals surface area contributed by atoms with Gasteiger partial charge in [-0.2, -0.15) is 0 Å². The molecule has 0 bridgehead atoms. The smallest absolute Gasteiger partial charge is 0.202 e. The molecular weight excluding hydrogens is 220 g/mol. The Labute approximate surface area is 100 Å². The molecule has 0 atom stereocenters.